The van der Waals surface area contributed by atoms with Crippen LogP contribution in [0.15, 0.2) is 46.4 Å². The Hall–Kier alpha value is -2.48. The van der Waals surface area contributed by atoms with Crippen molar-refractivity contribution < 1.29 is 0 Å². The van der Waals surface area contributed by atoms with E-state index in [1.165, 1.54) is 44.1 Å². The van der Waals surface area contributed by atoms with E-state index in [4.69, 9.17) is 0 Å². The van der Waals surface area contributed by atoms with Gasteiger partial charge in [-0.25, -0.2) is 0 Å². The maximum absolute atomic E-state index is 4.68. The van der Waals surface area contributed by atoms with E-state index in [0.29, 0.717) is 0 Å². The van der Waals surface area contributed by atoms with Crippen LogP contribution in [0.4, 0.5) is 11.4 Å². The summed E-state index contributed by atoms with van der Waals surface area (Å²) in [5.41, 5.74) is 7.38. The Balaban J connectivity index is 1.87. The molecule has 2 heterocycles. The summed E-state index contributed by atoms with van der Waals surface area (Å²) < 4.78 is 0. The molecule has 2 heteroatoms. The summed E-state index contributed by atoms with van der Waals surface area (Å²) in [5, 5.41) is 5.18. The molecule has 0 fully saturated rings. The Labute approximate surface area is 129 Å². The van der Waals surface area contributed by atoms with Gasteiger partial charge in [-0.1, -0.05) is 12.1 Å². The first-order valence-corrected chi connectivity index (χ1v) is 7.78. The molecule has 106 valence electrons. The molecular weight excluding hydrogens is 268 g/mol. The molecule has 2 nitrogen and oxygen atoms in total. The molecular formula is C20H16N2. The SMILES string of the molecule is CC1=Nc2cc3c(ccc4cc5c(cc43)N=C(C)C5)cc2C1. The quantitative estimate of drug-likeness (QED) is 0.501. The van der Waals surface area contributed by atoms with Gasteiger partial charge in [-0.2, -0.15) is 0 Å². The van der Waals surface area contributed by atoms with E-state index in [9.17, 15) is 0 Å². The van der Waals surface area contributed by atoms with Gasteiger partial charge in [0.25, 0.3) is 0 Å². The molecule has 0 atom stereocenters. The molecule has 2 aliphatic heterocycles. The summed E-state index contributed by atoms with van der Waals surface area (Å²) in [6, 6.07) is 13.6. The lowest BCUT2D eigenvalue weighted by atomic mass is 9.96. The second-order valence-corrected chi connectivity index (χ2v) is 6.52. The van der Waals surface area contributed by atoms with Gasteiger partial charge in [-0.3, -0.25) is 9.98 Å². The van der Waals surface area contributed by atoms with Gasteiger partial charge in [0.05, 0.1) is 11.4 Å². The number of aliphatic imine (C=N–C) groups is 2. The van der Waals surface area contributed by atoms with Crippen molar-refractivity contribution in [1.29, 1.82) is 0 Å². The van der Waals surface area contributed by atoms with Crippen LogP contribution in [0.2, 0.25) is 0 Å². The van der Waals surface area contributed by atoms with Crippen molar-refractivity contribution in [2.75, 3.05) is 0 Å². The lowest BCUT2D eigenvalue weighted by Gasteiger charge is -2.08. The van der Waals surface area contributed by atoms with Crippen LogP contribution < -0.4 is 0 Å². The molecule has 0 saturated carbocycles. The Kier molecular flexibility index (Phi) is 2.22. The first-order chi connectivity index (χ1) is 10.7. The summed E-state index contributed by atoms with van der Waals surface area (Å²) in [5.74, 6) is 0. The van der Waals surface area contributed by atoms with Crippen molar-refractivity contribution in [3.05, 3.63) is 47.5 Å². The van der Waals surface area contributed by atoms with Gasteiger partial charge in [0.1, 0.15) is 0 Å². The van der Waals surface area contributed by atoms with Crippen molar-refractivity contribution in [3.63, 3.8) is 0 Å². The van der Waals surface area contributed by atoms with Gasteiger partial charge < -0.3 is 0 Å². The Bertz CT molecular complexity index is 954. The molecule has 3 aromatic carbocycles. The fraction of sp³-hybridized carbons (Fsp3) is 0.200. The molecule has 0 amide bonds. The number of hydrogen-bond acceptors (Lipinski definition) is 2. The van der Waals surface area contributed by atoms with Crippen LogP contribution in [0.1, 0.15) is 25.0 Å². The Morgan fingerprint density at radius 2 is 1.14 bits per heavy atom. The van der Waals surface area contributed by atoms with E-state index in [-0.39, 0.29) is 0 Å². The van der Waals surface area contributed by atoms with Gasteiger partial charge in [-0.05, 0) is 70.8 Å². The van der Waals surface area contributed by atoms with E-state index < -0.39 is 0 Å². The monoisotopic (exact) mass is 284 g/mol. The zero-order chi connectivity index (χ0) is 14.8. The van der Waals surface area contributed by atoms with Crippen molar-refractivity contribution in [3.8, 4) is 0 Å². The van der Waals surface area contributed by atoms with Gasteiger partial charge >= 0.3 is 0 Å². The molecule has 0 unspecified atom stereocenters. The van der Waals surface area contributed by atoms with E-state index in [2.05, 4.69) is 60.2 Å². The predicted molar refractivity (Wildman–Crippen MR) is 94.4 cm³/mol. The molecule has 22 heavy (non-hydrogen) atoms. The lowest BCUT2D eigenvalue weighted by molar-refractivity contribution is 1.40. The third kappa shape index (κ3) is 1.61. The zero-order valence-electron chi connectivity index (χ0n) is 12.8. The summed E-state index contributed by atoms with van der Waals surface area (Å²) in [4.78, 5) is 9.37. The molecule has 0 N–H and O–H groups in total. The molecule has 2 aliphatic rings. The average Bonchev–Trinajstić information content (AvgIpc) is 3.02. The van der Waals surface area contributed by atoms with Crippen molar-refractivity contribution in [2.24, 2.45) is 9.98 Å². The summed E-state index contributed by atoms with van der Waals surface area (Å²) in [7, 11) is 0. The highest BCUT2D eigenvalue weighted by Crippen LogP contribution is 2.38. The fourth-order valence-electron chi connectivity index (χ4n) is 3.76. The van der Waals surface area contributed by atoms with Gasteiger partial charge in [0.2, 0.25) is 0 Å². The molecule has 0 radical (unpaired) electrons. The highest BCUT2D eigenvalue weighted by molar-refractivity contribution is 6.12. The van der Waals surface area contributed by atoms with Crippen LogP contribution in [0.3, 0.4) is 0 Å². The van der Waals surface area contributed by atoms with E-state index >= 15 is 0 Å². The van der Waals surface area contributed by atoms with Crippen molar-refractivity contribution >= 4 is 44.3 Å². The number of benzene rings is 3. The smallest absolute Gasteiger partial charge is 0.0671 e. The molecule has 0 saturated heterocycles. The second-order valence-electron chi connectivity index (χ2n) is 6.52. The zero-order valence-corrected chi connectivity index (χ0v) is 12.8. The van der Waals surface area contributed by atoms with Crippen LogP contribution in [-0.4, -0.2) is 11.4 Å². The van der Waals surface area contributed by atoms with Crippen molar-refractivity contribution in [2.45, 2.75) is 26.7 Å². The second kappa shape index (κ2) is 4.04. The van der Waals surface area contributed by atoms with Gasteiger partial charge in [0, 0.05) is 24.3 Å². The lowest BCUT2D eigenvalue weighted by Crippen LogP contribution is -1.89. The number of rotatable bonds is 0. The van der Waals surface area contributed by atoms with Crippen LogP contribution in [0.5, 0.6) is 0 Å². The van der Waals surface area contributed by atoms with E-state index in [1.54, 1.807) is 0 Å². The standard InChI is InChI=1S/C20H16N2/c1-11-5-15-7-13-3-4-14-8-16-6-12(2)22-20(16)10-18(14)17(13)9-19(15)21-11/h3-4,7-10H,5-6H2,1-2H3. The average molecular weight is 284 g/mol. The maximum Gasteiger partial charge on any atom is 0.0671 e. The maximum atomic E-state index is 4.68. The van der Waals surface area contributed by atoms with Crippen molar-refractivity contribution in [1.82, 2.24) is 0 Å². The van der Waals surface area contributed by atoms with Crippen LogP contribution in [0, 0.1) is 0 Å². The first-order valence-electron chi connectivity index (χ1n) is 7.78. The minimum Gasteiger partial charge on any atom is -0.257 e. The van der Waals surface area contributed by atoms with E-state index in [1.807, 2.05) is 0 Å². The number of hydrogen-bond donors (Lipinski definition) is 0. The molecule has 0 bridgehead atoms. The third-order valence-corrected chi connectivity index (χ3v) is 4.75. The van der Waals surface area contributed by atoms with Gasteiger partial charge in [-0.15, -0.1) is 0 Å². The van der Waals surface area contributed by atoms with Crippen LogP contribution >= 0.6 is 0 Å². The molecule has 5 rings (SSSR count). The van der Waals surface area contributed by atoms with Crippen LogP contribution in [0.25, 0.3) is 21.5 Å². The minimum absolute atomic E-state index is 0.983. The molecule has 0 aliphatic carbocycles. The van der Waals surface area contributed by atoms with Crippen LogP contribution in [-0.2, 0) is 12.8 Å². The highest BCUT2D eigenvalue weighted by atomic mass is 14.8. The summed E-state index contributed by atoms with van der Waals surface area (Å²) in [6.07, 6.45) is 1.97. The first kappa shape index (κ1) is 12.1. The molecule has 3 aromatic rings. The highest BCUT2D eigenvalue weighted by Gasteiger charge is 2.16. The third-order valence-electron chi connectivity index (χ3n) is 4.75. The van der Waals surface area contributed by atoms with E-state index in [0.717, 1.165) is 24.2 Å². The molecule has 0 spiro atoms. The number of fused-ring (bicyclic) bond motifs is 5. The Morgan fingerprint density at radius 1 is 0.682 bits per heavy atom. The predicted octanol–water partition coefficient (Wildman–Crippen LogP) is 5.29. The Morgan fingerprint density at radius 3 is 1.59 bits per heavy atom. The van der Waals surface area contributed by atoms with Gasteiger partial charge in [0.15, 0.2) is 0 Å². The largest absolute Gasteiger partial charge is 0.257 e. The number of nitrogens with zero attached hydrogens (tertiary/aromatic N) is 2. The summed E-state index contributed by atoms with van der Waals surface area (Å²) in [6.45, 7) is 4.21. The topological polar surface area (TPSA) is 24.7 Å². The fourth-order valence-corrected chi connectivity index (χ4v) is 3.76. The minimum atomic E-state index is 0.983. The summed E-state index contributed by atoms with van der Waals surface area (Å²) >= 11 is 0. The normalized spacial score (nSPS) is 15.9. The molecule has 0 aromatic heterocycles.